The van der Waals surface area contributed by atoms with Crippen LogP contribution in [0.1, 0.15) is 18.4 Å². The van der Waals surface area contributed by atoms with E-state index in [0.29, 0.717) is 0 Å². The van der Waals surface area contributed by atoms with E-state index in [0.717, 1.165) is 38.2 Å². The van der Waals surface area contributed by atoms with Gasteiger partial charge in [0, 0.05) is 20.2 Å². The van der Waals surface area contributed by atoms with Crippen LogP contribution in [-0.2, 0) is 20.8 Å². The van der Waals surface area contributed by atoms with E-state index in [2.05, 4.69) is 17.0 Å². The second-order valence-electron chi connectivity index (χ2n) is 5.29. The number of carbonyl (C=O) groups excluding carboxylic acids is 1. The molecule has 0 amide bonds. The summed E-state index contributed by atoms with van der Waals surface area (Å²) in [6.45, 7) is 2.64. The van der Waals surface area contributed by atoms with Crippen LogP contribution in [0, 0.1) is 5.92 Å². The maximum Gasteiger partial charge on any atom is 0.312 e. The van der Waals surface area contributed by atoms with Crippen LogP contribution >= 0.6 is 0 Å². The van der Waals surface area contributed by atoms with E-state index in [1.54, 1.807) is 7.11 Å². The van der Waals surface area contributed by atoms with Crippen LogP contribution in [0.3, 0.4) is 0 Å². The lowest BCUT2D eigenvalue weighted by Gasteiger charge is -2.31. The summed E-state index contributed by atoms with van der Waals surface area (Å²) in [5.41, 5.74) is 1.22. The van der Waals surface area contributed by atoms with Crippen molar-refractivity contribution in [3.05, 3.63) is 29.8 Å². The van der Waals surface area contributed by atoms with Gasteiger partial charge in [0.1, 0.15) is 5.75 Å². The maximum atomic E-state index is 11.9. The molecule has 0 radical (unpaired) electrons. The number of hydrogen-bond donors (Lipinski definition) is 0. The summed E-state index contributed by atoms with van der Waals surface area (Å²) in [6, 6.07) is 8.05. The summed E-state index contributed by atoms with van der Waals surface area (Å²) >= 11 is 0. The molecule has 5 heteroatoms. The van der Waals surface area contributed by atoms with Gasteiger partial charge in [0.25, 0.3) is 0 Å². The van der Waals surface area contributed by atoms with Gasteiger partial charge in [-0.2, -0.15) is 0 Å². The number of piperidine rings is 1. The monoisotopic (exact) mass is 293 g/mol. The smallest absolute Gasteiger partial charge is 0.312 e. The molecule has 1 heterocycles. The Kier molecular flexibility index (Phi) is 6.02. The summed E-state index contributed by atoms with van der Waals surface area (Å²) in [5.74, 6) is 0.654. The standard InChI is InChI=1S/C16H23NO4/c1-19-12-21-16(18)14-4-3-9-17(11-14)10-13-5-7-15(20-2)8-6-13/h5-8,14H,3-4,9-12H2,1-2H3. The lowest BCUT2D eigenvalue weighted by Crippen LogP contribution is -2.39. The van der Waals surface area contributed by atoms with Crippen LogP contribution in [0.5, 0.6) is 5.75 Å². The van der Waals surface area contributed by atoms with Crippen molar-refractivity contribution >= 4 is 5.97 Å². The van der Waals surface area contributed by atoms with E-state index in [9.17, 15) is 4.79 Å². The predicted molar refractivity (Wildman–Crippen MR) is 79.0 cm³/mol. The maximum absolute atomic E-state index is 11.9. The highest BCUT2D eigenvalue weighted by atomic mass is 16.7. The highest BCUT2D eigenvalue weighted by Gasteiger charge is 2.26. The number of hydrogen-bond acceptors (Lipinski definition) is 5. The fourth-order valence-electron chi connectivity index (χ4n) is 2.62. The van der Waals surface area contributed by atoms with Crippen molar-refractivity contribution in [3.63, 3.8) is 0 Å². The van der Waals surface area contributed by atoms with Gasteiger partial charge in [0.05, 0.1) is 13.0 Å². The number of rotatable bonds is 6. The van der Waals surface area contributed by atoms with Gasteiger partial charge in [-0.25, -0.2) is 0 Å². The van der Waals surface area contributed by atoms with E-state index in [1.807, 2.05) is 12.1 Å². The zero-order chi connectivity index (χ0) is 15.1. The third kappa shape index (κ3) is 4.72. The molecule has 1 aliphatic rings. The first-order valence-corrected chi connectivity index (χ1v) is 7.23. The number of likely N-dealkylation sites (tertiary alicyclic amines) is 1. The third-order valence-corrected chi connectivity index (χ3v) is 3.72. The molecule has 0 N–H and O–H groups in total. The minimum absolute atomic E-state index is 0.0355. The molecule has 2 rings (SSSR count). The SMILES string of the molecule is COCOC(=O)C1CCCN(Cc2ccc(OC)cc2)C1. The molecule has 0 aromatic heterocycles. The largest absolute Gasteiger partial charge is 0.497 e. The first-order chi connectivity index (χ1) is 10.2. The van der Waals surface area contributed by atoms with E-state index in [4.69, 9.17) is 14.2 Å². The van der Waals surface area contributed by atoms with Gasteiger partial charge in [-0.1, -0.05) is 12.1 Å². The van der Waals surface area contributed by atoms with E-state index < -0.39 is 0 Å². The molecule has 0 bridgehead atoms. The molecule has 1 atom stereocenters. The topological polar surface area (TPSA) is 48.0 Å². The molecule has 1 saturated heterocycles. The van der Waals surface area contributed by atoms with Crippen molar-refractivity contribution in [2.75, 3.05) is 34.1 Å². The quantitative estimate of drug-likeness (QED) is 0.593. The highest BCUT2D eigenvalue weighted by Crippen LogP contribution is 2.20. The molecule has 116 valence electrons. The Morgan fingerprint density at radius 3 is 2.71 bits per heavy atom. The van der Waals surface area contributed by atoms with Gasteiger partial charge in [0.15, 0.2) is 6.79 Å². The predicted octanol–water partition coefficient (Wildman–Crippen LogP) is 2.05. The number of carbonyl (C=O) groups is 1. The summed E-state index contributed by atoms with van der Waals surface area (Å²) in [6.07, 6.45) is 1.91. The van der Waals surface area contributed by atoms with Crippen molar-refractivity contribution in [2.45, 2.75) is 19.4 Å². The summed E-state index contributed by atoms with van der Waals surface area (Å²) in [7, 11) is 3.18. The van der Waals surface area contributed by atoms with Crippen LogP contribution in [0.4, 0.5) is 0 Å². The molecule has 1 aromatic rings. The Morgan fingerprint density at radius 1 is 1.29 bits per heavy atom. The van der Waals surface area contributed by atoms with Crippen LogP contribution < -0.4 is 4.74 Å². The Balaban J connectivity index is 1.86. The molecule has 1 unspecified atom stereocenters. The average molecular weight is 293 g/mol. The number of ether oxygens (including phenoxy) is 3. The van der Waals surface area contributed by atoms with E-state index >= 15 is 0 Å². The van der Waals surface area contributed by atoms with E-state index in [-0.39, 0.29) is 18.7 Å². The molecular formula is C16H23NO4. The zero-order valence-corrected chi connectivity index (χ0v) is 12.7. The van der Waals surface area contributed by atoms with Crippen LogP contribution in [0.2, 0.25) is 0 Å². The Bertz CT molecular complexity index is 446. The van der Waals surface area contributed by atoms with Crippen LogP contribution in [0.25, 0.3) is 0 Å². The Labute approximate surface area is 125 Å². The van der Waals surface area contributed by atoms with Crippen LogP contribution in [0.15, 0.2) is 24.3 Å². The van der Waals surface area contributed by atoms with Crippen molar-refractivity contribution < 1.29 is 19.0 Å². The Morgan fingerprint density at radius 2 is 2.05 bits per heavy atom. The first kappa shape index (κ1) is 15.8. The number of benzene rings is 1. The minimum Gasteiger partial charge on any atom is -0.497 e. The summed E-state index contributed by atoms with van der Waals surface area (Å²) in [4.78, 5) is 14.2. The second kappa shape index (κ2) is 8.00. The lowest BCUT2D eigenvalue weighted by molar-refractivity contribution is -0.161. The van der Waals surface area contributed by atoms with Gasteiger partial charge in [-0.05, 0) is 37.1 Å². The lowest BCUT2D eigenvalue weighted by atomic mass is 9.98. The van der Waals surface area contributed by atoms with Crippen LogP contribution in [-0.4, -0.2) is 45.0 Å². The van der Waals surface area contributed by atoms with Gasteiger partial charge in [-0.15, -0.1) is 0 Å². The fraction of sp³-hybridized carbons (Fsp3) is 0.562. The highest BCUT2D eigenvalue weighted by molar-refractivity contribution is 5.72. The molecule has 21 heavy (non-hydrogen) atoms. The summed E-state index contributed by atoms with van der Waals surface area (Å²) < 4.78 is 15.0. The molecule has 0 spiro atoms. The number of esters is 1. The molecular weight excluding hydrogens is 270 g/mol. The van der Waals surface area contributed by atoms with Gasteiger partial charge < -0.3 is 14.2 Å². The second-order valence-corrected chi connectivity index (χ2v) is 5.29. The fourth-order valence-corrected chi connectivity index (χ4v) is 2.62. The van der Waals surface area contributed by atoms with Gasteiger partial charge in [0.2, 0.25) is 0 Å². The third-order valence-electron chi connectivity index (χ3n) is 3.72. The number of methoxy groups -OCH3 is 2. The minimum atomic E-state index is -0.156. The molecule has 0 aliphatic carbocycles. The Hall–Kier alpha value is -1.59. The zero-order valence-electron chi connectivity index (χ0n) is 12.7. The molecule has 0 saturated carbocycles. The average Bonchev–Trinajstić information content (AvgIpc) is 2.53. The molecule has 1 fully saturated rings. The van der Waals surface area contributed by atoms with E-state index in [1.165, 1.54) is 12.7 Å². The van der Waals surface area contributed by atoms with Gasteiger partial charge >= 0.3 is 5.97 Å². The summed E-state index contributed by atoms with van der Waals surface area (Å²) in [5, 5.41) is 0. The number of nitrogens with zero attached hydrogens (tertiary/aromatic N) is 1. The van der Waals surface area contributed by atoms with Crippen molar-refractivity contribution in [2.24, 2.45) is 5.92 Å². The van der Waals surface area contributed by atoms with Crippen molar-refractivity contribution in [1.29, 1.82) is 0 Å². The first-order valence-electron chi connectivity index (χ1n) is 7.23. The molecule has 1 aromatic carbocycles. The van der Waals surface area contributed by atoms with Crippen molar-refractivity contribution in [1.82, 2.24) is 4.90 Å². The molecule has 1 aliphatic heterocycles. The normalized spacial score (nSPS) is 19.2. The van der Waals surface area contributed by atoms with Gasteiger partial charge in [-0.3, -0.25) is 9.69 Å². The molecule has 5 nitrogen and oxygen atoms in total. The van der Waals surface area contributed by atoms with Crippen molar-refractivity contribution in [3.8, 4) is 5.75 Å².